The summed E-state index contributed by atoms with van der Waals surface area (Å²) in [6, 6.07) is 15.7. The van der Waals surface area contributed by atoms with Gasteiger partial charge in [-0.3, -0.25) is 4.79 Å². The first-order chi connectivity index (χ1) is 13.2. The number of nitrogens with one attached hydrogen (secondary N) is 1. The lowest BCUT2D eigenvalue weighted by Gasteiger charge is -2.29. The number of ether oxygens (including phenoxy) is 2. The van der Waals surface area contributed by atoms with Crippen molar-refractivity contribution in [2.24, 2.45) is 0 Å². The van der Waals surface area contributed by atoms with E-state index in [0.717, 1.165) is 29.9 Å². The maximum Gasteiger partial charge on any atom is 0.251 e. The normalized spacial score (nSPS) is 14.7. The zero-order valence-corrected chi connectivity index (χ0v) is 15.9. The number of carbonyl (C=O) groups excluding carboxylic acids is 1. The molecule has 5 heteroatoms. The minimum absolute atomic E-state index is 0.112. The zero-order valence-electron chi connectivity index (χ0n) is 15.9. The summed E-state index contributed by atoms with van der Waals surface area (Å²) in [7, 11) is 1.61. The second-order valence-electron chi connectivity index (χ2n) is 6.37. The first-order valence-electron chi connectivity index (χ1n) is 9.29. The summed E-state index contributed by atoms with van der Waals surface area (Å²) in [5.41, 5.74) is 3.47. The van der Waals surface area contributed by atoms with E-state index in [-0.39, 0.29) is 5.91 Å². The Hall–Kier alpha value is -2.79. The van der Waals surface area contributed by atoms with E-state index in [0.29, 0.717) is 31.1 Å². The Kier molecular flexibility index (Phi) is 6.49. The van der Waals surface area contributed by atoms with E-state index in [1.165, 1.54) is 0 Å². The van der Waals surface area contributed by atoms with Gasteiger partial charge in [0, 0.05) is 24.4 Å². The Bertz CT molecular complexity index is 796. The quantitative estimate of drug-likeness (QED) is 0.786. The van der Waals surface area contributed by atoms with Crippen LogP contribution in [-0.2, 0) is 9.53 Å². The highest BCUT2D eigenvalue weighted by Crippen LogP contribution is 2.30. The molecule has 1 aliphatic rings. The minimum atomic E-state index is -0.112. The predicted octanol–water partition coefficient (Wildman–Crippen LogP) is 3.96. The lowest BCUT2D eigenvalue weighted by atomic mass is 10.1. The summed E-state index contributed by atoms with van der Waals surface area (Å²) in [6.45, 7) is 5.10. The fourth-order valence-electron chi connectivity index (χ4n) is 3.09. The number of nitrogens with zero attached hydrogens (tertiary/aromatic N) is 1. The molecule has 0 aromatic heterocycles. The highest BCUT2D eigenvalue weighted by Gasteiger charge is 2.16. The molecule has 0 aliphatic carbocycles. The molecule has 0 unspecified atom stereocenters. The van der Waals surface area contributed by atoms with E-state index in [1.54, 1.807) is 7.11 Å². The number of methoxy groups -OCH3 is 1. The first kappa shape index (κ1) is 19.0. The first-order valence-corrected chi connectivity index (χ1v) is 9.29. The fourth-order valence-corrected chi connectivity index (χ4v) is 3.09. The van der Waals surface area contributed by atoms with Crippen LogP contribution in [0.25, 0.3) is 6.08 Å². The lowest BCUT2D eigenvalue weighted by molar-refractivity contribution is -0.112. The number of carbonyl (C=O) groups is 1. The topological polar surface area (TPSA) is 50.8 Å². The molecule has 1 amide bonds. The Labute approximate surface area is 160 Å². The van der Waals surface area contributed by atoms with Gasteiger partial charge in [0.2, 0.25) is 0 Å². The zero-order chi connectivity index (χ0) is 19.1. The third-order valence-electron chi connectivity index (χ3n) is 4.62. The van der Waals surface area contributed by atoms with E-state index in [2.05, 4.69) is 10.2 Å². The molecule has 5 nitrogen and oxygen atoms in total. The second-order valence-corrected chi connectivity index (χ2v) is 6.37. The summed E-state index contributed by atoms with van der Waals surface area (Å²) in [6.07, 6.45) is 2.57. The smallest absolute Gasteiger partial charge is 0.251 e. The average molecular weight is 366 g/mol. The third-order valence-corrected chi connectivity index (χ3v) is 4.62. The van der Waals surface area contributed by atoms with Crippen molar-refractivity contribution < 1.29 is 14.3 Å². The number of hydrogen-bond acceptors (Lipinski definition) is 4. The van der Waals surface area contributed by atoms with E-state index in [9.17, 15) is 4.79 Å². The van der Waals surface area contributed by atoms with Crippen LogP contribution < -0.4 is 15.0 Å². The Morgan fingerprint density at radius 2 is 1.93 bits per heavy atom. The number of hydrogen-bond donors (Lipinski definition) is 1. The van der Waals surface area contributed by atoms with Crippen molar-refractivity contribution in [3.63, 3.8) is 0 Å². The summed E-state index contributed by atoms with van der Waals surface area (Å²) in [4.78, 5) is 15.1. The van der Waals surface area contributed by atoms with Gasteiger partial charge in [-0.05, 0) is 36.3 Å². The molecule has 2 aromatic carbocycles. The molecule has 3 rings (SSSR count). The number of anilines is 2. The number of amides is 1. The summed E-state index contributed by atoms with van der Waals surface area (Å²) in [5, 5.41) is 3.02. The third kappa shape index (κ3) is 4.89. The van der Waals surface area contributed by atoms with E-state index >= 15 is 0 Å². The van der Waals surface area contributed by atoms with Crippen molar-refractivity contribution in [1.82, 2.24) is 0 Å². The molecule has 27 heavy (non-hydrogen) atoms. The van der Waals surface area contributed by atoms with Gasteiger partial charge in [0.05, 0.1) is 26.0 Å². The van der Waals surface area contributed by atoms with Gasteiger partial charge < -0.3 is 19.7 Å². The van der Waals surface area contributed by atoms with Gasteiger partial charge in [0.15, 0.2) is 0 Å². The largest absolute Gasteiger partial charge is 0.495 e. The van der Waals surface area contributed by atoms with E-state index in [4.69, 9.17) is 9.47 Å². The van der Waals surface area contributed by atoms with Gasteiger partial charge in [-0.15, -0.1) is 0 Å². The summed E-state index contributed by atoms with van der Waals surface area (Å²) < 4.78 is 10.9. The highest BCUT2D eigenvalue weighted by molar-refractivity contribution is 6.07. The number of rotatable bonds is 6. The van der Waals surface area contributed by atoms with Crippen molar-refractivity contribution >= 4 is 23.4 Å². The van der Waals surface area contributed by atoms with E-state index < -0.39 is 0 Å². The molecule has 142 valence electrons. The monoisotopic (exact) mass is 366 g/mol. The van der Waals surface area contributed by atoms with Crippen LogP contribution in [0.1, 0.15) is 18.9 Å². The molecule has 0 spiro atoms. The molecule has 0 atom stereocenters. The van der Waals surface area contributed by atoms with Gasteiger partial charge in [-0.1, -0.05) is 37.3 Å². The molecule has 0 saturated carbocycles. The molecule has 1 aliphatic heterocycles. The van der Waals surface area contributed by atoms with Crippen LogP contribution >= 0.6 is 0 Å². The summed E-state index contributed by atoms with van der Waals surface area (Å²) >= 11 is 0. The molecular formula is C22H26N2O3. The average Bonchev–Trinajstić information content (AvgIpc) is 2.73. The minimum Gasteiger partial charge on any atom is -0.495 e. The maximum atomic E-state index is 12.8. The second kappa shape index (κ2) is 9.24. The van der Waals surface area contributed by atoms with Crippen molar-refractivity contribution in [2.45, 2.75) is 13.3 Å². The Morgan fingerprint density at radius 3 is 2.59 bits per heavy atom. The van der Waals surface area contributed by atoms with Crippen LogP contribution in [0.15, 0.2) is 54.1 Å². The van der Waals surface area contributed by atoms with Crippen molar-refractivity contribution in [2.75, 3.05) is 43.6 Å². The molecule has 1 saturated heterocycles. The molecule has 1 fully saturated rings. The van der Waals surface area contributed by atoms with Gasteiger partial charge in [-0.2, -0.15) is 0 Å². The van der Waals surface area contributed by atoms with Crippen LogP contribution in [0.3, 0.4) is 0 Å². The van der Waals surface area contributed by atoms with Crippen molar-refractivity contribution in [3.8, 4) is 5.75 Å². The van der Waals surface area contributed by atoms with Crippen LogP contribution in [0, 0.1) is 0 Å². The van der Waals surface area contributed by atoms with E-state index in [1.807, 2.05) is 61.5 Å². The summed E-state index contributed by atoms with van der Waals surface area (Å²) in [5.74, 6) is 0.536. The van der Waals surface area contributed by atoms with Crippen molar-refractivity contribution in [1.29, 1.82) is 0 Å². The Morgan fingerprint density at radius 1 is 1.19 bits per heavy atom. The Balaban J connectivity index is 1.82. The van der Waals surface area contributed by atoms with Gasteiger partial charge in [0.25, 0.3) is 5.91 Å². The molecular weight excluding hydrogens is 340 g/mol. The lowest BCUT2D eigenvalue weighted by Crippen LogP contribution is -2.36. The van der Waals surface area contributed by atoms with Crippen LogP contribution in [0.5, 0.6) is 5.75 Å². The van der Waals surface area contributed by atoms with Crippen molar-refractivity contribution in [3.05, 3.63) is 59.7 Å². The van der Waals surface area contributed by atoms with Crippen LogP contribution in [0.4, 0.5) is 11.4 Å². The molecule has 1 N–H and O–H groups in total. The highest BCUT2D eigenvalue weighted by atomic mass is 16.5. The SMILES string of the molecule is CC/C(=C\c1ccccc1)C(=O)Nc1cc(N2CCOCC2)ccc1OC. The van der Waals surface area contributed by atoms with Crippen LogP contribution in [-0.4, -0.2) is 39.3 Å². The maximum absolute atomic E-state index is 12.8. The number of morpholine rings is 1. The number of benzene rings is 2. The van der Waals surface area contributed by atoms with Crippen LogP contribution in [0.2, 0.25) is 0 Å². The van der Waals surface area contributed by atoms with Gasteiger partial charge in [-0.25, -0.2) is 0 Å². The standard InChI is InChI=1S/C22H26N2O3/c1-3-18(15-17-7-5-4-6-8-17)22(25)23-20-16-19(9-10-21(20)26-2)24-11-13-27-14-12-24/h4-10,15-16H,3,11-14H2,1-2H3,(H,23,25)/b18-15+. The molecule has 2 aromatic rings. The van der Waals surface area contributed by atoms with Gasteiger partial charge in [0.1, 0.15) is 5.75 Å². The molecule has 0 radical (unpaired) electrons. The predicted molar refractivity (Wildman–Crippen MR) is 109 cm³/mol. The molecule has 1 heterocycles. The molecule has 0 bridgehead atoms. The fraction of sp³-hybridized carbons (Fsp3) is 0.318. The van der Waals surface area contributed by atoms with Gasteiger partial charge >= 0.3 is 0 Å².